The van der Waals surface area contributed by atoms with Gasteiger partial charge < -0.3 is 10.1 Å². The molecule has 0 aliphatic carbocycles. The van der Waals surface area contributed by atoms with Crippen molar-refractivity contribution in [3.63, 3.8) is 0 Å². The molecule has 6 heteroatoms. The molecular formula is C21H24Cl2N2O2. The highest BCUT2D eigenvalue weighted by atomic mass is 35.5. The normalized spacial score (nSPS) is 17.5. The van der Waals surface area contributed by atoms with Gasteiger partial charge in [-0.05, 0) is 56.1 Å². The van der Waals surface area contributed by atoms with Crippen molar-refractivity contribution in [2.75, 3.05) is 25.0 Å². The van der Waals surface area contributed by atoms with Gasteiger partial charge in [0, 0.05) is 23.1 Å². The molecule has 0 radical (unpaired) electrons. The largest absolute Gasteiger partial charge is 0.492 e. The lowest BCUT2D eigenvalue weighted by molar-refractivity contribution is -0.121. The molecule has 1 N–H and O–H groups in total. The van der Waals surface area contributed by atoms with E-state index in [0.717, 1.165) is 37.2 Å². The minimum absolute atomic E-state index is 0.0362. The molecule has 2 aromatic carbocycles. The Balaban J connectivity index is 1.63. The SMILES string of the molecule is CCOc1ccccc1NC(=O)[C@H]1CCCN(Cc2ccc(Cl)cc2Cl)C1. The first-order chi connectivity index (χ1) is 13.1. The van der Waals surface area contributed by atoms with Gasteiger partial charge in [0.15, 0.2) is 0 Å². The number of likely N-dealkylation sites (tertiary alicyclic amines) is 1. The highest BCUT2D eigenvalue weighted by Gasteiger charge is 2.26. The minimum atomic E-state index is -0.0560. The van der Waals surface area contributed by atoms with Gasteiger partial charge in [0.05, 0.1) is 18.2 Å². The number of ether oxygens (including phenoxy) is 1. The Hall–Kier alpha value is -1.75. The third-order valence-electron chi connectivity index (χ3n) is 4.73. The maximum Gasteiger partial charge on any atom is 0.228 e. The van der Waals surface area contributed by atoms with E-state index < -0.39 is 0 Å². The van der Waals surface area contributed by atoms with Crippen molar-refractivity contribution in [2.45, 2.75) is 26.3 Å². The van der Waals surface area contributed by atoms with Crippen molar-refractivity contribution in [1.29, 1.82) is 0 Å². The first-order valence-electron chi connectivity index (χ1n) is 9.25. The van der Waals surface area contributed by atoms with Crippen molar-refractivity contribution in [2.24, 2.45) is 5.92 Å². The van der Waals surface area contributed by atoms with Gasteiger partial charge >= 0.3 is 0 Å². The van der Waals surface area contributed by atoms with E-state index in [-0.39, 0.29) is 11.8 Å². The van der Waals surface area contributed by atoms with E-state index in [1.807, 2.05) is 43.3 Å². The van der Waals surface area contributed by atoms with Crippen LogP contribution < -0.4 is 10.1 Å². The second-order valence-electron chi connectivity index (χ2n) is 6.73. The van der Waals surface area contributed by atoms with Gasteiger partial charge in [-0.2, -0.15) is 0 Å². The van der Waals surface area contributed by atoms with E-state index in [2.05, 4.69) is 10.2 Å². The standard InChI is InChI=1S/C21H24Cl2N2O2/c1-2-27-20-8-4-3-7-19(20)24-21(26)16-6-5-11-25(14-16)13-15-9-10-17(22)12-18(15)23/h3-4,7-10,12,16H,2,5-6,11,13-14H2,1H3,(H,24,26)/t16-/m0/s1. The fourth-order valence-corrected chi connectivity index (χ4v) is 3.86. The summed E-state index contributed by atoms with van der Waals surface area (Å²) in [6.07, 6.45) is 1.86. The molecule has 27 heavy (non-hydrogen) atoms. The highest BCUT2D eigenvalue weighted by Crippen LogP contribution is 2.27. The summed E-state index contributed by atoms with van der Waals surface area (Å²) in [6, 6.07) is 13.1. The lowest BCUT2D eigenvalue weighted by Crippen LogP contribution is -2.40. The average molecular weight is 407 g/mol. The topological polar surface area (TPSA) is 41.6 Å². The molecule has 1 saturated heterocycles. The van der Waals surface area contributed by atoms with E-state index in [1.54, 1.807) is 6.07 Å². The fraction of sp³-hybridized carbons (Fsp3) is 0.381. The summed E-state index contributed by atoms with van der Waals surface area (Å²) >= 11 is 12.3. The minimum Gasteiger partial charge on any atom is -0.492 e. The predicted octanol–water partition coefficient (Wildman–Crippen LogP) is 5.24. The van der Waals surface area contributed by atoms with Gasteiger partial charge in [-0.3, -0.25) is 9.69 Å². The van der Waals surface area contributed by atoms with Crippen LogP contribution in [-0.4, -0.2) is 30.5 Å². The van der Waals surface area contributed by atoms with Crippen LogP contribution >= 0.6 is 23.2 Å². The molecule has 1 heterocycles. The van der Waals surface area contributed by atoms with Crippen molar-refractivity contribution >= 4 is 34.8 Å². The third-order valence-corrected chi connectivity index (χ3v) is 5.32. The van der Waals surface area contributed by atoms with E-state index >= 15 is 0 Å². The lowest BCUT2D eigenvalue weighted by atomic mass is 9.96. The van der Waals surface area contributed by atoms with Crippen LogP contribution in [0.15, 0.2) is 42.5 Å². The molecule has 0 saturated carbocycles. The van der Waals surface area contributed by atoms with E-state index in [9.17, 15) is 4.79 Å². The summed E-state index contributed by atoms with van der Waals surface area (Å²) in [7, 11) is 0. The summed E-state index contributed by atoms with van der Waals surface area (Å²) in [4.78, 5) is 15.1. The quantitative estimate of drug-likeness (QED) is 0.712. The molecule has 0 unspecified atom stereocenters. The third kappa shape index (κ3) is 5.38. The summed E-state index contributed by atoms with van der Waals surface area (Å²) in [5, 5.41) is 4.33. The van der Waals surface area contributed by atoms with Crippen LogP contribution in [0.3, 0.4) is 0 Å². The zero-order chi connectivity index (χ0) is 19.2. The second-order valence-corrected chi connectivity index (χ2v) is 7.57. The van der Waals surface area contributed by atoms with Crippen molar-refractivity contribution in [3.8, 4) is 5.75 Å². The number of benzene rings is 2. The number of rotatable bonds is 6. The van der Waals surface area contributed by atoms with Crippen molar-refractivity contribution in [3.05, 3.63) is 58.1 Å². The number of amides is 1. The Labute approximate surface area is 170 Å². The molecule has 1 aliphatic rings. The molecule has 0 aromatic heterocycles. The average Bonchev–Trinajstić information content (AvgIpc) is 2.66. The maximum atomic E-state index is 12.8. The monoisotopic (exact) mass is 406 g/mol. The van der Waals surface area contributed by atoms with E-state index in [1.165, 1.54) is 0 Å². The Morgan fingerprint density at radius 3 is 2.85 bits per heavy atom. The first-order valence-corrected chi connectivity index (χ1v) is 10.0. The Morgan fingerprint density at radius 2 is 2.07 bits per heavy atom. The van der Waals surface area contributed by atoms with Crippen molar-refractivity contribution in [1.82, 2.24) is 4.90 Å². The molecule has 0 bridgehead atoms. The summed E-state index contributed by atoms with van der Waals surface area (Å²) in [5.41, 5.74) is 1.76. The summed E-state index contributed by atoms with van der Waals surface area (Å²) in [6.45, 7) is 4.88. The molecular weight excluding hydrogens is 383 g/mol. The van der Waals surface area contributed by atoms with Gasteiger partial charge in [0.1, 0.15) is 5.75 Å². The van der Waals surface area contributed by atoms with Gasteiger partial charge in [0.25, 0.3) is 0 Å². The number of nitrogens with one attached hydrogen (secondary N) is 1. The molecule has 144 valence electrons. The van der Waals surface area contributed by atoms with Crippen molar-refractivity contribution < 1.29 is 9.53 Å². The zero-order valence-electron chi connectivity index (χ0n) is 15.4. The fourth-order valence-electron chi connectivity index (χ4n) is 3.39. The molecule has 3 rings (SSSR count). The number of carbonyl (C=O) groups is 1. The number of piperidine rings is 1. The van der Waals surface area contributed by atoms with E-state index in [4.69, 9.17) is 27.9 Å². The van der Waals surface area contributed by atoms with Gasteiger partial charge in [-0.15, -0.1) is 0 Å². The predicted molar refractivity (Wildman–Crippen MR) is 111 cm³/mol. The van der Waals surface area contributed by atoms with Gasteiger partial charge in [-0.25, -0.2) is 0 Å². The van der Waals surface area contributed by atoms with Gasteiger partial charge in [0.2, 0.25) is 5.91 Å². The number of carbonyl (C=O) groups excluding carboxylic acids is 1. The maximum absolute atomic E-state index is 12.8. The van der Waals surface area contributed by atoms with Crippen LogP contribution in [0, 0.1) is 5.92 Å². The zero-order valence-corrected chi connectivity index (χ0v) is 16.9. The van der Waals surface area contributed by atoms with Crippen LogP contribution in [0.25, 0.3) is 0 Å². The number of anilines is 1. The Bertz CT molecular complexity index is 798. The first kappa shape index (κ1) is 20.0. The van der Waals surface area contributed by atoms with Crippen LogP contribution in [0.1, 0.15) is 25.3 Å². The number of halogens is 2. The summed E-state index contributed by atoms with van der Waals surface area (Å²) < 4.78 is 5.60. The molecule has 1 fully saturated rings. The Kier molecular flexibility index (Phi) is 7.00. The smallest absolute Gasteiger partial charge is 0.228 e. The number of hydrogen-bond acceptors (Lipinski definition) is 3. The second kappa shape index (κ2) is 9.45. The van der Waals surface area contributed by atoms with Crippen LogP contribution in [-0.2, 0) is 11.3 Å². The van der Waals surface area contributed by atoms with Crippen LogP contribution in [0.2, 0.25) is 10.0 Å². The summed E-state index contributed by atoms with van der Waals surface area (Å²) in [5.74, 6) is 0.683. The van der Waals surface area contributed by atoms with Gasteiger partial charge in [-0.1, -0.05) is 41.4 Å². The molecule has 1 amide bonds. The molecule has 1 aliphatic heterocycles. The highest BCUT2D eigenvalue weighted by molar-refractivity contribution is 6.35. The number of nitrogens with zero attached hydrogens (tertiary/aromatic N) is 1. The molecule has 0 spiro atoms. The van der Waals surface area contributed by atoms with Crippen LogP contribution in [0.5, 0.6) is 5.75 Å². The number of para-hydroxylation sites is 2. The number of hydrogen-bond donors (Lipinski definition) is 1. The molecule has 1 atom stereocenters. The van der Waals surface area contributed by atoms with Crippen LogP contribution in [0.4, 0.5) is 5.69 Å². The molecule has 4 nitrogen and oxygen atoms in total. The molecule has 2 aromatic rings. The Morgan fingerprint density at radius 1 is 1.26 bits per heavy atom. The van der Waals surface area contributed by atoms with E-state index in [0.29, 0.717) is 28.9 Å². The lowest BCUT2D eigenvalue weighted by Gasteiger charge is -2.32.